The Morgan fingerprint density at radius 3 is 2.06 bits per heavy atom. The smallest absolute Gasteiger partial charge is 0.240 e. The van der Waals surface area contributed by atoms with E-state index < -0.39 is 15.9 Å². The lowest BCUT2D eigenvalue weighted by atomic mass is 9.86. The van der Waals surface area contributed by atoms with Crippen molar-refractivity contribution >= 4 is 15.7 Å². The summed E-state index contributed by atoms with van der Waals surface area (Å²) in [6, 6.07) is -0.576. The van der Waals surface area contributed by atoms with Gasteiger partial charge in [0.2, 0.25) is 5.91 Å². The maximum atomic E-state index is 12.0. The number of amides is 1. The van der Waals surface area contributed by atoms with Gasteiger partial charge in [-0.25, -0.2) is 8.42 Å². The molecule has 1 aliphatic heterocycles. The van der Waals surface area contributed by atoms with Crippen molar-refractivity contribution in [2.24, 2.45) is 11.1 Å². The number of nitrogens with zero attached hydrogens (tertiary/aromatic N) is 1. The summed E-state index contributed by atoms with van der Waals surface area (Å²) in [5.41, 5.74) is 5.55. The first-order valence-corrected chi connectivity index (χ1v) is 7.20. The second-order valence-electron chi connectivity index (χ2n) is 5.32. The third-order valence-electron chi connectivity index (χ3n) is 2.86. The third kappa shape index (κ3) is 3.18. The minimum absolute atomic E-state index is 0.0512. The van der Waals surface area contributed by atoms with E-state index in [1.54, 1.807) is 4.90 Å². The largest absolute Gasteiger partial charge is 0.339 e. The van der Waals surface area contributed by atoms with Crippen molar-refractivity contribution in [2.45, 2.75) is 26.8 Å². The molecule has 0 aliphatic carbocycles. The number of carbonyl (C=O) groups is 1. The Bertz CT molecular complexity index is 356. The Kier molecular flexibility index (Phi) is 3.64. The number of carbonyl (C=O) groups excluding carboxylic acids is 1. The van der Waals surface area contributed by atoms with Crippen LogP contribution < -0.4 is 5.73 Å². The first kappa shape index (κ1) is 13.4. The van der Waals surface area contributed by atoms with Gasteiger partial charge in [-0.3, -0.25) is 4.79 Å². The first-order valence-electron chi connectivity index (χ1n) is 5.38. The van der Waals surface area contributed by atoms with Crippen LogP contribution in [0.2, 0.25) is 0 Å². The van der Waals surface area contributed by atoms with Gasteiger partial charge in [-0.05, 0) is 5.41 Å². The molecule has 1 saturated heterocycles. The molecule has 16 heavy (non-hydrogen) atoms. The predicted molar refractivity (Wildman–Crippen MR) is 62.7 cm³/mol. The zero-order valence-corrected chi connectivity index (χ0v) is 10.9. The fourth-order valence-corrected chi connectivity index (χ4v) is 2.70. The standard InChI is InChI=1S/C10H20N2O3S/c1-10(2,3)8(11)9(13)12-4-6-16(14,15)7-5-12/h8H,4-7,11H2,1-3H3/t8-/m1/s1. The van der Waals surface area contributed by atoms with Crippen molar-refractivity contribution in [3.8, 4) is 0 Å². The summed E-state index contributed by atoms with van der Waals surface area (Å²) in [6.45, 7) is 6.23. The monoisotopic (exact) mass is 248 g/mol. The number of rotatable bonds is 1. The summed E-state index contributed by atoms with van der Waals surface area (Å²) >= 11 is 0. The van der Waals surface area contributed by atoms with Crippen molar-refractivity contribution < 1.29 is 13.2 Å². The summed E-state index contributed by atoms with van der Waals surface area (Å²) in [7, 11) is -2.95. The Balaban J connectivity index is 2.64. The molecule has 1 rings (SSSR count). The van der Waals surface area contributed by atoms with E-state index in [9.17, 15) is 13.2 Å². The van der Waals surface area contributed by atoms with Crippen LogP contribution in [0.3, 0.4) is 0 Å². The van der Waals surface area contributed by atoms with Crippen molar-refractivity contribution in [2.75, 3.05) is 24.6 Å². The molecule has 1 fully saturated rings. The van der Waals surface area contributed by atoms with Gasteiger partial charge in [-0.1, -0.05) is 20.8 Å². The molecule has 6 heteroatoms. The lowest BCUT2D eigenvalue weighted by molar-refractivity contribution is -0.134. The summed E-state index contributed by atoms with van der Waals surface area (Å²) in [5, 5.41) is 0. The van der Waals surface area contributed by atoms with Crippen molar-refractivity contribution in [1.29, 1.82) is 0 Å². The zero-order chi connectivity index (χ0) is 12.6. The molecule has 2 N–H and O–H groups in total. The fraction of sp³-hybridized carbons (Fsp3) is 0.900. The lowest BCUT2D eigenvalue weighted by Crippen LogP contribution is -2.54. The molecule has 1 heterocycles. The van der Waals surface area contributed by atoms with E-state index in [-0.39, 0.29) is 35.9 Å². The molecular weight excluding hydrogens is 228 g/mol. The predicted octanol–water partition coefficient (Wildman–Crippen LogP) is -0.383. The summed E-state index contributed by atoms with van der Waals surface area (Å²) in [6.07, 6.45) is 0. The van der Waals surface area contributed by atoms with Gasteiger partial charge in [0.25, 0.3) is 0 Å². The molecule has 0 saturated carbocycles. The molecule has 0 aromatic rings. The summed E-state index contributed by atoms with van der Waals surface area (Å²) in [5.74, 6) is -0.0482. The highest BCUT2D eigenvalue weighted by Crippen LogP contribution is 2.19. The first-order chi connectivity index (χ1) is 7.13. The fourth-order valence-electron chi connectivity index (χ4n) is 1.50. The van der Waals surface area contributed by atoms with Gasteiger partial charge in [-0.2, -0.15) is 0 Å². The number of hydrogen-bond acceptors (Lipinski definition) is 4. The van der Waals surface area contributed by atoms with Crippen molar-refractivity contribution in [1.82, 2.24) is 4.90 Å². The molecule has 1 amide bonds. The van der Waals surface area contributed by atoms with Gasteiger partial charge in [0, 0.05) is 13.1 Å². The van der Waals surface area contributed by atoms with Gasteiger partial charge < -0.3 is 10.6 Å². The van der Waals surface area contributed by atoms with E-state index in [0.29, 0.717) is 0 Å². The van der Waals surface area contributed by atoms with Gasteiger partial charge in [0.05, 0.1) is 17.5 Å². The zero-order valence-electron chi connectivity index (χ0n) is 10.1. The molecule has 0 unspecified atom stereocenters. The quantitative estimate of drug-likeness (QED) is 0.686. The Morgan fingerprint density at radius 2 is 1.69 bits per heavy atom. The minimum Gasteiger partial charge on any atom is -0.339 e. The van der Waals surface area contributed by atoms with Gasteiger partial charge in [-0.15, -0.1) is 0 Å². The van der Waals surface area contributed by atoms with E-state index in [1.807, 2.05) is 20.8 Å². The summed E-state index contributed by atoms with van der Waals surface area (Å²) in [4.78, 5) is 13.5. The van der Waals surface area contributed by atoms with Crippen LogP contribution in [0.25, 0.3) is 0 Å². The van der Waals surface area contributed by atoms with Crippen LogP contribution in [-0.4, -0.2) is 49.9 Å². The second-order valence-corrected chi connectivity index (χ2v) is 7.62. The molecule has 0 bridgehead atoms. The molecule has 0 aromatic heterocycles. The van der Waals surface area contributed by atoms with Gasteiger partial charge >= 0.3 is 0 Å². The number of sulfone groups is 1. The molecule has 1 atom stereocenters. The van der Waals surface area contributed by atoms with Crippen LogP contribution in [0.5, 0.6) is 0 Å². The molecule has 94 valence electrons. The molecular formula is C10H20N2O3S. The SMILES string of the molecule is CC(C)(C)[C@H](N)C(=O)N1CCS(=O)(=O)CC1. The van der Waals surface area contributed by atoms with Crippen LogP contribution in [-0.2, 0) is 14.6 Å². The highest BCUT2D eigenvalue weighted by atomic mass is 32.2. The highest BCUT2D eigenvalue weighted by molar-refractivity contribution is 7.91. The summed E-state index contributed by atoms with van der Waals surface area (Å²) < 4.78 is 22.4. The third-order valence-corrected chi connectivity index (χ3v) is 4.46. The van der Waals surface area contributed by atoms with E-state index in [4.69, 9.17) is 5.73 Å². The normalized spacial score (nSPS) is 22.9. The maximum Gasteiger partial charge on any atom is 0.240 e. The molecule has 1 aliphatic rings. The second kappa shape index (κ2) is 4.33. The number of nitrogens with two attached hydrogens (primary N) is 1. The Labute approximate surface area is 96.9 Å². The van der Waals surface area contributed by atoms with Crippen molar-refractivity contribution in [3.63, 3.8) is 0 Å². The number of hydrogen-bond donors (Lipinski definition) is 1. The average molecular weight is 248 g/mol. The van der Waals surface area contributed by atoms with E-state index in [2.05, 4.69) is 0 Å². The van der Waals surface area contributed by atoms with Crippen LogP contribution in [0, 0.1) is 5.41 Å². The molecule has 0 spiro atoms. The van der Waals surface area contributed by atoms with E-state index >= 15 is 0 Å². The van der Waals surface area contributed by atoms with E-state index in [1.165, 1.54) is 0 Å². The molecule has 0 radical (unpaired) electrons. The molecule has 0 aromatic carbocycles. The minimum atomic E-state index is -2.95. The van der Waals surface area contributed by atoms with Crippen LogP contribution in [0.1, 0.15) is 20.8 Å². The highest BCUT2D eigenvalue weighted by Gasteiger charge is 2.33. The van der Waals surface area contributed by atoms with Crippen LogP contribution >= 0.6 is 0 Å². The Morgan fingerprint density at radius 1 is 1.25 bits per heavy atom. The lowest BCUT2D eigenvalue weighted by Gasteiger charge is -2.33. The van der Waals surface area contributed by atoms with Gasteiger partial charge in [0.15, 0.2) is 9.84 Å². The van der Waals surface area contributed by atoms with Crippen LogP contribution in [0.15, 0.2) is 0 Å². The van der Waals surface area contributed by atoms with Gasteiger partial charge in [0.1, 0.15) is 0 Å². The van der Waals surface area contributed by atoms with E-state index in [0.717, 1.165) is 0 Å². The topological polar surface area (TPSA) is 80.5 Å². The van der Waals surface area contributed by atoms with Crippen molar-refractivity contribution in [3.05, 3.63) is 0 Å². The maximum absolute atomic E-state index is 12.0. The van der Waals surface area contributed by atoms with Crippen LogP contribution in [0.4, 0.5) is 0 Å². The molecule has 5 nitrogen and oxygen atoms in total. The Hall–Kier alpha value is -0.620. The average Bonchev–Trinajstić information content (AvgIpc) is 2.14.